The number of nitrogens with zero attached hydrogens (tertiary/aromatic N) is 1. The van der Waals surface area contributed by atoms with Crippen LogP contribution < -0.4 is 9.47 Å². The summed E-state index contributed by atoms with van der Waals surface area (Å²) in [6, 6.07) is 12.6. The van der Waals surface area contributed by atoms with Gasteiger partial charge >= 0.3 is 5.97 Å². The molecule has 0 bridgehead atoms. The molecule has 0 saturated carbocycles. The van der Waals surface area contributed by atoms with E-state index in [0.717, 1.165) is 17.0 Å². The summed E-state index contributed by atoms with van der Waals surface area (Å²) in [5, 5.41) is 21.1. The smallest absolute Gasteiger partial charge is 0.303 e. The number of aromatic nitrogens is 3. The van der Waals surface area contributed by atoms with Crippen molar-refractivity contribution < 1.29 is 33.3 Å². The lowest BCUT2D eigenvalue weighted by molar-refractivity contribution is -0.136. The number of nitrogens with one attached hydrogen (secondary N) is 2. The van der Waals surface area contributed by atoms with Crippen molar-refractivity contribution in [1.82, 2.24) is 15.0 Å². The molecule has 0 saturated heterocycles. The number of aryl methyl sites for hydroxylation is 2. The predicted octanol–water partition coefficient (Wildman–Crippen LogP) is 6.22. The number of hydrogen-bond acceptors (Lipinski definition) is 5. The first-order valence-electron chi connectivity index (χ1n) is 12.5. The molecular weight excluding hydrogens is 520 g/mol. The fourth-order valence-electron chi connectivity index (χ4n) is 4.66. The van der Waals surface area contributed by atoms with Crippen LogP contribution in [0.4, 0.5) is 8.78 Å². The van der Waals surface area contributed by atoms with E-state index in [-0.39, 0.29) is 40.8 Å². The molecule has 0 radical (unpaired) electrons. The first-order chi connectivity index (χ1) is 19.1. The molecule has 3 aromatic carbocycles. The van der Waals surface area contributed by atoms with Crippen LogP contribution in [0, 0.1) is 18.6 Å². The second kappa shape index (κ2) is 10.5. The highest BCUT2D eigenvalue weighted by atomic mass is 19.1. The summed E-state index contributed by atoms with van der Waals surface area (Å²) < 4.78 is 41.4. The minimum atomic E-state index is -1.54. The number of methoxy groups -OCH3 is 1. The zero-order chi connectivity index (χ0) is 28.6. The van der Waals surface area contributed by atoms with E-state index in [0.29, 0.717) is 23.1 Å². The number of carboxylic acid groups (broad SMARTS) is 1. The van der Waals surface area contributed by atoms with Crippen LogP contribution in [0.2, 0.25) is 0 Å². The molecule has 0 aliphatic carbocycles. The SMILES string of the molecule is COc1cc(F)c(-c2ncc(C(C)(O)c3cccc(CCC(=O)O)c3)[nH]2)cc1Oc1c(F)cc2[nH]ccc2c1C. The van der Waals surface area contributed by atoms with E-state index in [4.69, 9.17) is 14.6 Å². The first kappa shape index (κ1) is 26.9. The quantitative estimate of drug-likeness (QED) is 0.174. The number of ether oxygens (including phenoxy) is 2. The van der Waals surface area contributed by atoms with Crippen molar-refractivity contribution >= 4 is 16.9 Å². The van der Waals surface area contributed by atoms with Gasteiger partial charge in [-0.25, -0.2) is 13.8 Å². The lowest BCUT2D eigenvalue weighted by atomic mass is 9.91. The van der Waals surface area contributed by atoms with Gasteiger partial charge in [-0.15, -0.1) is 0 Å². The van der Waals surface area contributed by atoms with Crippen LogP contribution in [-0.2, 0) is 16.8 Å². The highest BCUT2D eigenvalue weighted by Gasteiger charge is 2.29. The van der Waals surface area contributed by atoms with Crippen LogP contribution in [0.5, 0.6) is 17.2 Å². The number of fused-ring (bicyclic) bond motifs is 1. The van der Waals surface area contributed by atoms with Crippen LogP contribution >= 0.6 is 0 Å². The molecule has 0 fully saturated rings. The topological polar surface area (TPSA) is 120 Å². The molecule has 2 heterocycles. The summed E-state index contributed by atoms with van der Waals surface area (Å²) in [5.74, 6) is -1.95. The first-order valence-corrected chi connectivity index (χ1v) is 12.5. The molecule has 1 unspecified atom stereocenters. The standard InChI is InChI=1S/C30H27F2N3O5/c1-16-19-9-10-33-23(19)13-22(32)28(16)40-25-12-20(21(31)14-24(25)39-3)29-34-15-26(35-29)30(2,38)18-6-4-5-17(11-18)7-8-27(36)37/h4-6,9-15,33,38H,7-8H2,1-3H3,(H,34,35)(H,36,37). The van der Waals surface area contributed by atoms with Crippen molar-refractivity contribution in [3.63, 3.8) is 0 Å². The normalized spacial score (nSPS) is 12.8. The summed E-state index contributed by atoms with van der Waals surface area (Å²) in [5.41, 5.74) is 1.21. The van der Waals surface area contributed by atoms with Gasteiger partial charge in [0, 0.05) is 41.2 Å². The minimum absolute atomic E-state index is 0.0196. The van der Waals surface area contributed by atoms with E-state index in [2.05, 4.69) is 15.0 Å². The zero-order valence-corrected chi connectivity index (χ0v) is 22.0. The third-order valence-electron chi connectivity index (χ3n) is 6.95. The number of hydrogen-bond donors (Lipinski definition) is 4. The zero-order valence-electron chi connectivity index (χ0n) is 22.0. The van der Waals surface area contributed by atoms with Crippen molar-refractivity contribution in [1.29, 1.82) is 0 Å². The van der Waals surface area contributed by atoms with E-state index >= 15 is 4.39 Å². The Bertz CT molecular complexity index is 1720. The molecule has 2 aromatic heterocycles. The fraction of sp³-hybridized carbons (Fsp3) is 0.200. The molecule has 0 amide bonds. The van der Waals surface area contributed by atoms with Gasteiger partial charge in [-0.1, -0.05) is 24.3 Å². The Morgan fingerprint density at radius 3 is 2.65 bits per heavy atom. The summed E-state index contributed by atoms with van der Waals surface area (Å²) in [6.45, 7) is 3.28. The summed E-state index contributed by atoms with van der Waals surface area (Å²) in [4.78, 5) is 21.2. The van der Waals surface area contributed by atoms with Gasteiger partial charge in [-0.3, -0.25) is 4.79 Å². The monoisotopic (exact) mass is 547 g/mol. The number of aromatic amines is 2. The maximum absolute atomic E-state index is 15.2. The maximum Gasteiger partial charge on any atom is 0.303 e. The van der Waals surface area contributed by atoms with Crippen molar-refractivity contribution in [3.8, 4) is 28.6 Å². The fourth-order valence-corrected chi connectivity index (χ4v) is 4.66. The summed E-state index contributed by atoms with van der Waals surface area (Å²) in [6.07, 6.45) is 3.37. The predicted molar refractivity (Wildman–Crippen MR) is 145 cm³/mol. The number of halogens is 2. The molecule has 5 rings (SSSR count). The second-order valence-electron chi connectivity index (χ2n) is 9.65. The number of imidazole rings is 1. The van der Waals surface area contributed by atoms with Gasteiger partial charge in [0.2, 0.25) is 0 Å². The number of carboxylic acids is 1. The molecule has 5 aromatic rings. The highest BCUT2D eigenvalue weighted by Crippen LogP contribution is 2.41. The van der Waals surface area contributed by atoms with Crippen LogP contribution in [0.15, 0.2) is 60.9 Å². The Balaban J connectivity index is 1.49. The van der Waals surface area contributed by atoms with E-state index in [1.54, 1.807) is 44.3 Å². The third kappa shape index (κ3) is 5.01. The Hall–Kier alpha value is -4.70. The number of aliphatic hydroxyl groups is 1. The molecule has 0 aliphatic rings. The Morgan fingerprint density at radius 2 is 1.90 bits per heavy atom. The molecule has 0 aliphatic heterocycles. The molecule has 8 nitrogen and oxygen atoms in total. The lowest BCUT2D eigenvalue weighted by Crippen LogP contribution is -2.23. The van der Waals surface area contributed by atoms with Crippen molar-refractivity contribution in [2.24, 2.45) is 0 Å². The molecule has 4 N–H and O–H groups in total. The van der Waals surface area contributed by atoms with Crippen LogP contribution in [-0.4, -0.2) is 38.2 Å². The largest absolute Gasteiger partial charge is 0.493 e. The number of rotatable bonds is 9. The van der Waals surface area contributed by atoms with E-state index in [9.17, 15) is 14.3 Å². The van der Waals surface area contributed by atoms with E-state index in [1.165, 1.54) is 25.4 Å². The molecule has 1 atom stereocenters. The van der Waals surface area contributed by atoms with Crippen molar-refractivity contribution in [2.45, 2.75) is 32.3 Å². The van der Waals surface area contributed by atoms with Gasteiger partial charge in [-0.05, 0) is 43.5 Å². The molecule has 0 spiro atoms. The van der Waals surface area contributed by atoms with Crippen LogP contribution in [0.3, 0.4) is 0 Å². The average molecular weight is 548 g/mol. The molecular formula is C30H27F2N3O5. The maximum atomic E-state index is 15.2. The van der Waals surface area contributed by atoms with Crippen LogP contribution in [0.1, 0.15) is 35.7 Å². The highest BCUT2D eigenvalue weighted by molar-refractivity contribution is 5.85. The summed E-state index contributed by atoms with van der Waals surface area (Å²) >= 11 is 0. The number of H-pyrrole nitrogens is 2. The third-order valence-corrected chi connectivity index (χ3v) is 6.95. The Labute approximate surface area is 228 Å². The Kier molecular flexibility index (Phi) is 7.03. The van der Waals surface area contributed by atoms with E-state index in [1.807, 2.05) is 6.07 Å². The van der Waals surface area contributed by atoms with Crippen molar-refractivity contribution in [3.05, 3.63) is 94.9 Å². The number of carbonyl (C=O) groups is 1. The molecule has 40 heavy (non-hydrogen) atoms. The Morgan fingerprint density at radius 1 is 1.10 bits per heavy atom. The van der Waals surface area contributed by atoms with E-state index < -0.39 is 23.2 Å². The van der Waals surface area contributed by atoms with Crippen LogP contribution in [0.25, 0.3) is 22.3 Å². The second-order valence-corrected chi connectivity index (χ2v) is 9.65. The van der Waals surface area contributed by atoms with Gasteiger partial charge in [0.25, 0.3) is 0 Å². The minimum Gasteiger partial charge on any atom is -0.493 e. The molecule has 10 heteroatoms. The van der Waals surface area contributed by atoms with Gasteiger partial charge < -0.3 is 29.7 Å². The van der Waals surface area contributed by atoms with Gasteiger partial charge in [0.15, 0.2) is 23.1 Å². The molecule has 206 valence electrons. The average Bonchev–Trinajstić information content (AvgIpc) is 3.61. The number of aliphatic carboxylic acids is 1. The van der Waals surface area contributed by atoms with Gasteiger partial charge in [-0.2, -0.15) is 0 Å². The van der Waals surface area contributed by atoms with Gasteiger partial charge in [0.1, 0.15) is 17.2 Å². The van der Waals surface area contributed by atoms with Crippen molar-refractivity contribution in [2.75, 3.05) is 7.11 Å². The lowest BCUT2D eigenvalue weighted by Gasteiger charge is -2.23. The van der Waals surface area contributed by atoms with Gasteiger partial charge in [0.05, 0.1) is 24.6 Å². The summed E-state index contributed by atoms with van der Waals surface area (Å²) in [7, 11) is 1.35. The number of benzene rings is 3.